The van der Waals surface area contributed by atoms with Crippen LogP contribution in [0.4, 0.5) is 17.6 Å². The molecule has 0 saturated heterocycles. The molecule has 2 aromatic rings. The first-order chi connectivity index (χ1) is 9.90. The van der Waals surface area contributed by atoms with Crippen LogP contribution < -0.4 is 4.74 Å². The van der Waals surface area contributed by atoms with Crippen molar-refractivity contribution < 1.29 is 22.3 Å². The van der Waals surface area contributed by atoms with Crippen LogP contribution >= 0.6 is 0 Å². The Labute approximate surface area is 118 Å². The molecule has 108 valence electrons. The highest BCUT2D eigenvalue weighted by Crippen LogP contribution is 2.30. The zero-order valence-electron chi connectivity index (χ0n) is 10.6. The van der Waals surface area contributed by atoms with Crippen LogP contribution in [0, 0.1) is 17.1 Å². The fraction of sp³-hybridized carbons (Fsp3) is 0.133. The molecule has 0 aliphatic rings. The second kappa shape index (κ2) is 5.83. The molecule has 0 saturated carbocycles. The summed E-state index contributed by atoms with van der Waals surface area (Å²) >= 11 is 0. The molecule has 0 aliphatic carbocycles. The van der Waals surface area contributed by atoms with Gasteiger partial charge in [0.25, 0.3) is 0 Å². The highest BCUT2D eigenvalue weighted by molar-refractivity contribution is 5.38. The van der Waals surface area contributed by atoms with Crippen molar-refractivity contribution in [2.75, 3.05) is 0 Å². The van der Waals surface area contributed by atoms with Crippen molar-refractivity contribution >= 4 is 0 Å². The molecule has 6 heteroatoms. The minimum atomic E-state index is -4.41. The van der Waals surface area contributed by atoms with Gasteiger partial charge < -0.3 is 4.74 Å². The van der Waals surface area contributed by atoms with Crippen molar-refractivity contribution in [3.05, 3.63) is 65.0 Å². The van der Waals surface area contributed by atoms with Crippen LogP contribution in [0.3, 0.4) is 0 Å². The van der Waals surface area contributed by atoms with Gasteiger partial charge in [-0.3, -0.25) is 0 Å². The number of nitrogens with zero attached hydrogens (tertiary/aromatic N) is 1. The Hall–Kier alpha value is -2.55. The number of ether oxygens (including phenoxy) is 1. The number of alkyl halides is 3. The summed E-state index contributed by atoms with van der Waals surface area (Å²) in [6, 6.07) is 9.66. The normalized spacial score (nSPS) is 11.0. The standard InChI is InChI=1S/C15H9F4NO/c16-13-4-1-10(8-20)11(7-13)9-21-14-5-2-12(3-6-14)15(17,18)19/h1-7H,9H2. The van der Waals surface area contributed by atoms with Crippen LogP contribution in [0.5, 0.6) is 5.75 Å². The molecule has 0 bridgehead atoms. The van der Waals surface area contributed by atoms with Crippen molar-refractivity contribution in [1.82, 2.24) is 0 Å². The van der Waals surface area contributed by atoms with Gasteiger partial charge in [-0.2, -0.15) is 18.4 Å². The largest absolute Gasteiger partial charge is 0.489 e. The zero-order valence-corrected chi connectivity index (χ0v) is 10.6. The van der Waals surface area contributed by atoms with Crippen molar-refractivity contribution in [3.63, 3.8) is 0 Å². The molecule has 2 nitrogen and oxygen atoms in total. The van der Waals surface area contributed by atoms with Crippen molar-refractivity contribution in [2.24, 2.45) is 0 Å². The zero-order chi connectivity index (χ0) is 15.5. The van der Waals surface area contributed by atoms with Crippen molar-refractivity contribution in [3.8, 4) is 11.8 Å². The molecule has 0 aliphatic heterocycles. The van der Waals surface area contributed by atoms with Gasteiger partial charge in [-0.15, -0.1) is 0 Å². The van der Waals surface area contributed by atoms with Gasteiger partial charge in [-0.05, 0) is 42.5 Å². The van der Waals surface area contributed by atoms with Gasteiger partial charge >= 0.3 is 6.18 Å². The van der Waals surface area contributed by atoms with Gasteiger partial charge in [0.15, 0.2) is 0 Å². The smallest absolute Gasteiger partial charge is 0.416 e. The molecule has 0 N–H and O–H groups in total. The molecule has 0 aromatic heterocycles. The number of hydrogen-bond acceptors (Lipinski definition) is 2. The first-order valence-corrected chi connectivity index (χ1v) is 5.89. The van der Waals surface area contributed by atoms with E-state index in [-0.39, 0.29) is 17.9 Å². The summed E-state index contributed by atoms with van der Waals surface area (Å²) in [7, 11) is 0. The van der Waals surface area contributed by atoms with Crippen LogP contribution in [-0.4, -0.2) is 0 Å². The summed E-state index contributed by atoms with van der Waals surface area (Å²) in [6.07, 6.45) is -4.41. The maximum Gasteiger partial charge on any atom is 0.416 e. The van der Waals surface area contributed by atoms with Crippen molar-refractivity contribution in [2.45, 2.75) is 12.8 Å². The third kappa shape index (κ3) is 3.72. The topological polar surface area (TPSA) is 33.0 Å². The number of halogens is 4. The minimum Gasteiger partial charge on any atom is -0.489 e. The quantitative estimate of drug-likeness (QED) is 0.791. The molecule has 0 fully saturated rings. The van der Waals surface area contributed by atoms with E-state index in [0.717, 1.165) is 24.3 Å². The SMILES string of the molecule is N#Cc1ccc(F)cc1COc1ccc(C(F)(F)F)cc1. The maximum atomic E-state index is 13.1. The number of hydrogen-bond donors (Lipinski definition) is 0. The Morgan fingerprint density at radius 1 is 1.05 bits per heavy atom. The van der Waals surface area contributed by atoms with Crippen LogP contribution in [0.2, 0.25) is 0 Å². The Kier molecular flexibility index (Phi) is 4.13. The molecular formula is C15H9F4NO. The van der Waals surface area contributed by atoms with Crippen molar-refractivity contribution in [1.29, 1.82) is 5.26 Å². The van der Waals surface area contributed by atoms with Gasteiger partial charge in [-0.25, -0.2) is 4.39 Å². The first kappa shape index (κ1) is 14.9. The summed E-state index contributed by atoms with van der Waals surface area (Å²) in [5.74, 6) is -0.309. The average Bonchev–Trinajstić information content (AvgIpc) is 2.45. The third-order valence-corrected chi connectivity index (χ3v) is 2.76. The van der Waals surface area contributed by atoms with E-state index in [1.807, 2.05) is 6.07 Å². The predicted octanol–water partition coefficient (Wildman–Crippen LogP) is 4.30. The molecule has 0 unspecified atom stereocenters. The number of benzene rings is 2. The Balaban J connectivity index is 2.10. The molecule has 0 heterocycles. The fourth-order valence-electron chi connectivity index (χ4n) is 1.69. The molecular weight excluding hydrogens is 286 g/mol. The lowest BCUT2D eigenvalue weighted by Crippen LogP contribution is -2.04. The molecule has 0 spiro atoms. The van der Waals surface area contributed by atoms with E-state index in [1.165, 1.54) is 18.2 Å². The second-order valence-corrected chi connectivity index (χ2v) is 4.22. The van der Waals surface area contributed by atoms with E-state index in [2.05, 4.69) is 0 Å². The second-order valence-electron chi connectivity index (χ2n) is 4.22. The summed E-state index contributed by atoms with van der Waals surface area (Å²) in [5, 5.41) is 8.88. The Bertz CT molecular complexity index is 672. The number of rotatable bonds is 3. The fourth-order valence-corrected chi connectivity index (χ4v) is 1.69. The highest BCUT2D eigenvalue weighted by atomic mass is 19.4. The summed E-state index contributed by atoms with van der Waals surface area (Å²) in [6.45, 7) is -0.105. The molecule has 2 rings (SSSR count). The highest BCUT2D eigenvalue weighted by Gasteiger charge is 2.29. The molecule has 0 atom stereocenters. The van der Waals surface area contributed by atoms with Gasteiger partial charge in [-0.1, -0.05) is 0 Å². The van der Waals surface area contributed by atoms with Crippen LogP contribution in [0.15, 0.2) is 42.5 Å². The summed E-state index contributed by atoms with van der Waals surface area (Å²) in [4.78, 5) is 0. The number of nitriles is 1. The van der Waals surface area contributed by atoms with E-state index in [9.17, 15) is 17.6 Å². The summed E-state index contributed by atoms with van der Waals surface area (Å²) < 4.78 is 55.6. The van der Waals surface area contributed by atoms with E-state index >= 15 is 0 Å². The maximum absolute atomic E-state index is 13.1. The van der Waals surface area contributed by atoms with Crippen LogP contribution in [0.25, 0.3) is 0 Å². The molecule has 2 aromatic carbocycles. The van der Waals surface area contributed by atoms with Crippen LogP contribution in [0.1, 0.15) is 16.7 Å². The Morgan fingerprint density at radius 3 is 2.29 bits per heavy atom. The summed E-state index contributed by atoms with van der Waals surface area (Å²) in [5.41, 5.74) is -0.195. The van der Waals surface area contributed by atoms with Gasteiger partial charge in [0.2, 0.25) is 0 Å². The van der Waals surface area contributed by atoms with E-state index in [0.29, 0.717) is 5.56 Å². The van der Waals surface area contributed by atoms with Crippen LogP contribution in [-0.2, 0) is 12.8 Å². The third-order valence-electron chi connectivity index (χ3n) is 2.76. The van der Waals surface area contributed by atoms with E-state index in [1.54, 1.807) is 0 Å². The lowest BCUT2D eigenvalue weighted by atomic mass is 10.1. The predicted molar refractivity (Wildman–Crippen MR) is 66.9 cm³/mol. The lowest BCUT2D eigenvalue weighted by Gasteiger charge is -2.10. The van der Waals surface area contributed by atoms with Gasteiger partial charge in [0.05, 0.1) is 17.2 Å². The Morgan fingerprint density at radius 2 is 1.71 bits per heavy atom. The van der Waals surface area contributed by atoms with Gasteiger partial charge in [0.1, 0.15) is 18.2 Å². The monoisotopic (exact) mass is 295 g/mol. The molecule has 0 amide bonds. The van der Waals surface area contributed by atoms with E-state index in [4.69, 9.17) is 10.00 Å². The molecule has 21 heavy (non-hydrogen) atoms. The average molecular weight is 295 g/mol. The minimum absolute atomic E-state index is 0.105. The van der Waals surface area contributed by atoms with Gasteiger partial charge in [0, 0.05) is 5.56 Å². The lowest BCUT2D eigenvalue weighted by molar-refractivity contribution is -0.137. The molecule has 0 radical (unpaired) electrons. The van der Waals surface area contributed by atoms with E-state index < -0.39 is 17.6 Å². The first-order valence-electron chi connectivity index (χ1n) is 5.89.